The van der Waals surface area contributed by atoms with E-state index in [2.05, 4.69) is 27.0 Å². The summed E-state index contributed by atoms with van der Waals surface area (Å²) in [5, 5.41) is 3.02. The molecule has 2 aliphatic rings. The van der Waals surface area contributed by atoms with Crippen LogP contribution in [-0.4, -0.2) is 79.2 Å². The van der Waals surface area contributed by atoms with Crippen LogP contribution < -0.4 is 11.1 Å². The van der Waals surface area contributed by atoms with E-state index in [1.165, 1.54) is 0 Å². The van der Waals surface area contributed by atoms with Crippen LogP contribution in [-0.2, 0) is 9.53 Å². The van der Waals surface area contributed by atoms with E-state index in [0.717, 1.165) is 45.6 Å². The third-order valence-electron chi connectivity index (χ3n) is 4.67. The SMILES string of the molecule is CC1CN(C(N)=NCC2CCN(CC(=O)NC(C)(C)C)CC2)CCO1. The molecule has 1 amide bonds. The molecule has 25 heavy (non-hydrogen) atoms. The lowest BCUT2D eigenvalue weighted by atomic mass is 9.97. The average Bonchev–Trinajstić information content (AvgIpc) is 2.52. The number of carbonyl (C=O) groups is 1. The summed E-state index contributed by atoms with van der Waals surface area (Å²) >= 11 is 0. The fraction of sp³-hybridized carbons (Fsp3) is 0.889. The summed E-state index contributed by atoms with van der Waals surface area (Å²) in [6.07, 6.45) is 2.35. The van der Waals surface area contributed by atoms with E-state index in [0.29, 0.717) is 25.0 Å². The van der Waals surface area contributed by atoms with Crippen molar-refractivity contribution in [3.8, 4) is 0 Å². The van der Waals surface area contributed by atoms with E-state index in [1.807, 2.05) is 20.8 Å². The maximum atomic E-state index is 12.0. The van der Waals surface area contributed by atoms with Gasteiger partial charge in [0.15, 0.2) is 5.96 Å². The highest BCUT2D eigenvalue weighted by molar-refractivity contribution is 5.79. The van der Waals surface area contributed by atoms with Crippen molar-refractivity contribution in [2.45, 2.75) is 52.2 Å². The summed E-state index contributed by atoms with van der Waals surface area (Å²) in [6, 6.07) is 0. The van der Waals surface area contributed by atoms with Crippen molar-refractivity contribution in [1.82, 2.24) is 15.1 Å². The van der Waals surface area contributed by atoms with E-state index in [9.17, 15) is 4.79 Å². The van der Waals surface area contributed by atoms with Crippen LogP contribution >= 0.6 is 0 Å². The van der Waals surface area contributed by atoms with Gasteiger partial charge in [0.25, 0.3) is 0 Å². The number of rotatable bonds is 4. The zero-order valence-electron chi connectivity index (χ0n) is 16.3. The molecule has 144 valence electrons. The molecular weight excluding hydrogens is 318 g/mol. The van der Waals surface area contributed by atoms with E-state index >= 15 is 0 Å². The van der Waals surface area contributed by atoms with Crippen LogP contribution in [0.4, 0.5) is 0 Å². The second-order valence-corrected chi connectivity index (χ2v) is 8.34. The molecule has 2 heterocycles. The Bertz CT molecular complexity index is 467. The van der Waals surface area contributed by atoms with Crippen LogP contribution in [0.5, 0.6) is 0 Å². The quantitative estimate of drug-likeness (QED) is 0.573. The monoisotopic (exact) mass is 353 g/mol. The number of aliphatic imine (C=N–C) groups is 1. The number of nitrogens with two attached hydrogens (primary N) is 1. The molecule has 0 aliphatic carbocycles. The van der Waals surface area contributed by atoms with Gasteiger partial charge in [-0.2, -0.15) is 0 Å². The molecule has 0 aromatic rings. The molecule has 0 saturated carbocycles. The predicted octanol–water partition coefficient (Wildman–Crippen LogP) is 0.649. The number of amides is 1. The number of likely N-dealkylation sites (tertiary alicyclic amines) is 1. The molecule has 0 radical (unpaired) electrons. The Hall–Kier alpha value is -1.34. The van der Waals surface area contributed by atoms with Gasteiger partial charge in [-0.05, 0) is 59.5 Å². The summed E-state index contributed by atoms with van der Waals surface area (Å²) in [5.74, 6) is 1.30. The second-order valence-electron chi connectivity index (χ2n) is 8.34. The largest absolute Gasteiger partial charge is 0.375 e. The minimum absolute atomic E-state index is 0.106. The van der Waals surface area contributed by atoms with E-state index in [1.54, 1.807) is 0 Å². The van der Waals surface area contributed by atoms with Gasteiger partial charge in [0.1, 0.15) is 0 Å². The average molecular weight is 354 g/mol. The van der Waals surface area contributed by atoms with Crippen molar-refractivity contribution in [3.63, 3.8) is 0 Å². The summed E-state index contributed by atoms with van der Waals surface area (Å²) in [4.78, 5) is 21.0. The van der Waals surface area contributed by atoms with Crippen LogP contribution in [0, 0.1) is 5.92 Å². The zero-order chi connectivity index (χ0) is 18.4. The molecule has 7 nitrogen and oxygen atoms in total. The van der Waals surface area contributed by atoms with Gasteiger partial charge in [-0.25, -0.2) is 0 Å². The highest BCUT2D eigenvalue weighted by atomic mass is 16.5. The smallest absolute Gasteiger partial charge is 0.234 e. The minimum atomic E-state index is -0.168. The highest BCUT2D eigenvalue weighted by Gasteiger charge is 2.23. The fourth-order valence-electron chi connectivity index (χ4n) is 3.34. The van der Waals surface area contributed by atoms with Gasteiger partial charge in [0, 0.05) is 25.2 Å². The lowest BCUT2D eigenvalue weighted by Gasteiger charge is -2.33. The van der Waals surface area contributed by atoms with Crippen molar-refractivity contribution in [2.75, 3.05) is 45.9 Å². The molecule has 2 aliphatic heterocycles. The third kappa shape index (κ3) is 7.20. The number of nitrogens with zero attached hydrogens (tertiary/aromatic N) is 3. The molecule has 2 rings (SSSR count). The Balaban J connectivity index is 1.69. The van der Waals surface area contributed by atoms with Gasteiger partial charge < -0.3 is 20.7 Å². The molecular formula is C18H35N5O2. The zero-order valence-corrected chi connectivity index (χ0v) is 16.3. The standard InChI is InChI=1S/C18H35N5O2/c1-14-12-23(9-10-25-14)17(19)20-11-15-5-7-22(8-6-15)13-16(24)21-18(2,3)4/h14-15H,5-13H2,1-4H3,(H2,19,20)(H,21,24). The number of hydrogen-bond acceptors (Lipinski definition) is 4. The minimum Gasteiger partial charge on any atom is -0.375 e. The Morgan fingerprint density at radius 3 is 2.56 bits per heavy atom. The van der Waals surface area contributed by atoms with Crippen LogP contribution in [0.1, 0.15) is 40.5 Å². The highest BCUT2D eigenvalue weighted by Crippen LogP contribution is 2.17. The van der Waals surface area contributed by atoms with Crippen molar-refractivity contribution in [2.24, 2.45) is 16.6 Å². The molecule has 1 atom stereocenters. The maximum absolute atomic E-state index is 12.0. The first-order valence-corrected chi connectivity index (χ1v) is 9.43. The molecule has 1 unspecified atom stereocenters. The summed E-state index contributed by atoms with van der Waals surface area (Å²) in [5.41, 5.74) is 5.97. The van der Waals surface area contributed by atoms with Crippen molar-refractivity contribution in [1.29, 1.82) is 0 Å². The van der Waals surface area contributed by atoms with Gasteiger partial charge >= 0.3 is 0 Å². The fourth-order valence-corrected chi connectivity index (χ4v) is 3.34. The third-order valence-corrected chi connectivity index (χ3v) is 4.67. The Kier molecular flexibility index (Phi) is 7.07. The molecule has 0 aromatic heterocycles. The number of nitrogens with one attached hydrogen (secondary N) is 1. The van der Waals surface area contributed by atoms with E-state index in [-0.39, 0.29) is 17.6 Å². The van der Waals surface area contributed by atoms with E-state index in [4.69, 9.17) is 10.5 Å². The van der Waals surface area contributed by atoms with E-state index < -0.39 is 0 Å². The number of guanidine groups is 1. The number of morpholine rings is 1. The Labute approximate surface area is 152 Å². The van der Waals surface area contributed by atoms with Crippen LogP contribution in [0.3, 0.4) is 0 Å². The molecule has 0 aromatic carbocycles. The van der Waals surface area contributed by atoms with Crippen LogP contribution in [0.2, 0.25) is 0 Å². The normalized spacial score (nSPS) is 24.4. The Morgan fingerprint density at radius 2 is 1.96 bits per heavy atom. The summed E-state index contributed by atoms with van der Waals surface area (Å²) in [6.45, 7) is 13.6. The lowest BCUT2D eigenvalue weighted by molar-refractivity contribution is -0.124. The predicted molar refractivity (Wildman–Crippen MR) is 101 cm³/mol. The number of ether oxygens (including phenoxy) is 1. The Morgan fingerprint density at radius 1 is 1.28 bits per heavy atom. The molecule has 2 saturated heterocycles. The van der Waals surface area contributed by atoms with Gasteiger partial charge in [-0.3, -0.25) is 14.7 Å². The first kappa shape index (κ1) is 20.0. The van der Waals surface area contributed by atoms with Gasteiger partial charge in [-0.1, -0.05) is 0 Å². The molecule has 0 bridgehead atoms. The van der Waals surface area contributed by atoms with Crippen molar-refractivity contribution < 1.29 is 9.53 Å². The van der Waals surface area contributed by atoms with Crippen molar-refractivity contribution >= 4 is 11.9 Å². The number of piperidine rings is 1. The topological polar surface area (TPSA) is 83.2 Å². The summed E-state index contributed by atoms with van der Waals surface area (Å²) < 4.78 is 5.54. The molecule has 2 fully saturated rings. The van der Waals surface area contributed by atoms with Gasteiger partial charge in [-0.15, -0.1) is 0 Å². The van der Waals surface area contributed by atoms with Gasteiger partial charge in [0.05, 0.1) is 19.3 Å². The lowest BCUT2D eigenvalue weighted by Crippen LogP contribution is -2.48. The summed E-state index contributed by atoms with van der Waals surface area (Å²) in [7, 11) is 0. The number of hydrogen-bond donors (Lipinski definition) is 2. The van der Waals surface area contributed by atoms with Crippen LogP contribution in [0.25, 0.3) is 0 Å². The van der Waals surface area contributed by atoms with Crippen LogP contribution in [0.15, 0.2) is 4.99 Å². The first-order chi connectivity index (χ1) is 11.7. The van der Waals surface area contributed by atoms with Gasteiger partial charge in [0.2, 0.25) is 5.91 Å². The maximum Gasteiger partial charge on any atom is 0.234 e. The number of carbonyl (C=O) groups excluding carboxylic acids is 1. The molecule has 7 heteroatoms. The molecule has 0 spiro atoms. The second kappa shape index (κ2) is 8.85. The first-order valence-electron chi connectivity index (χ1n) is 9.43. The molecule has 3 N–H and O–H groups in total. The van der Waals surface area contributed by atoms with Crippen molar-refractivity contribution in [3.05, 3.63) is 0 Å².